The molecule has 3 rings (SSSR count). The summed E-state index contributed by atoms with van der Waals surface area (Å²) in [6.07, 6.45) is 3.95. The molecule has 1 heterocycles. The summed E-state index contributed by atoms with van der Waals surface area (Å²) in [6.45, 7) is 1.19. The summed E-state index contributed by atoms with van der Waals surface area (Å²) in [5.41, 5.74) is 0.507. The largest absolute Gasteiger partial charge is 0.493 e. The number of aliphatic hydroxyl groups is 2. The van der Waals surface area contributed by atoms with E-state index in [1.165, 1.54) is 0 Å². The van der Waals surface area contributed by atoms with Gasteiger partial charge in [-0.05, 0) is 18.9 Å². The first-order valence-corrected chi connectivity index (χ1v) is 7.50. The number of nitrogens with one attached hydrogen (secondary N) is 1. The van der Waals surface area contributed by atoms with E-state index in [-0.39, 0.29) is 18.6 Å². The molecule has 0 radical (unpaired) electrons. The van der Waals surface area contributed by atoms with E-state index in [0.29, 0.717) is 13.2 Å². The highest BCUT2D eigenvalue weighted by molar-refractivity contribution is 5.38. The van der Waals surface area contributed by atoms with Crippen LogP contribution in [0, 0.1) is 5.92 Å². The van der Waals surface area contributed by atoms with Gasteiger partial charge in [-0.15, -0.1) is 0 Å². The van der Waals surface area contributed by atoms with Gasteiger partial charge >= 0.3 is 0 Å². The molecule has 2 aliphatic rings. The van der Waals surface area contributed by atoms with Crippen molar-refractivity contribution in [3.8, 4) is 5.75 Å². The van der Waals surface area contributed by atoms with Crippen LogP contribution < -0.4 is 10.1 Å². The Morgan fingerprint density at radius 1 is 1.25 bits per heavy atom. The number of hydrogen-bond donors (Lipinski definition) is 3. The first-order valence-electron chi connectivity index (χ1n) is 7.50. The maximum absolute atomic E-state index is 10.5. The van der Waals surface area contributed by atoms with Crippen LogP contribution in [0.15, 0.2) is 24.3 Å². The van der Waals surface area contributed by atoms with Crippen LogP contribution in [0.1, 0.15) is 37.3 Å². The van der Waals surface area contributed by atoms with Gasteiger partial charge in [-0.3, -0.25) is 0 Å². The monoisotopic (exact) mass is 277 g/mol. The molecule has 4 nitrogen and oxygen atoms in total. The minimum atomic E-state index is -0.576. The summed E-state index contributed by atoms with van der Waals surface area (Å²) in [5, 5.41) is 23.5. The number of benzene rings is 1. The number of rotatable bonds is 4. The van der Waals surface area contributed by atoms with Crippen molar-refractivity contribution in [3.63, 3.8) is 0 Å². The summed E-state index contributed by atoms with van der Waals surface area (Å²) < 4.78 is 5.69. The maximum Gasteiger partial charge on any atom is 0.124 e. The second kappa shape index (κ2) is 5.72. The van der Waals surface area contributed by atoms with E-state index in [4.69, 9.17) is 4.74 Å². The maximum atomic E-state index is 10.5. The molecular formula is C16H23NO3. The summed E-state index contributed by atoms with van der Waals surface area (Å²) in [7, 11) is 0. The third kappa shape index (κ3) is 2.68. The normalized spacial score (nSPS) is 27.9. The molecule has 1 aliphatic heterocycles. The van der Waals surface area contributed by atoms with Crippen LogP contribution >= 0.6 is 0 Å². The first kappa shape index (κ1) is 13.9. The zero-order valence-corrected chi connectivity index (χ0v) is 11.7. The Hall–Kier alpha value is -1.10. The number of fused-ring (bicyclic) bond motifs is 1. The molecule has 110 valence electrons. The predicted octanol–water partition coefficient (Wildman–Crippen LogP) is 1.62. The topological polar surface area (TPSA) is 61.7 Å². The number of hydrogen-bond acceptors (Lipinski definition) is 4. The van der Waals surface area contributed by atoms with Crippen molar-refractivity contribution in [1.82, 2.24) is 5.32 Å². The van der Waals surface area contributed by atoms with Crippen LogP contribution in [-0.4, -0.2) is 35.6 Å². The Balaban J connectivity index is 1.75. The van der Waals surface area contributed by atoms with Crippen molar-refractivity contribution in [1.29, 1.82) is 0 Å². The van der Waals surface area contributed by atoms with Crippen LogP contribution in [-0.2, 0) is 0 Å². The highest BCUT2D eigenvalue weighted by atomic mass is 16.5. The Bertz CT molecular complexity index is 457. The minimum Gasteiger partial charge on any atom is -0.493 e. The van der Waals surface area contributed by atoms with Crippen LogP contribution in [0.4, 0.5) is 0 Å². The molecule has 0 aromatic heterocycles. The van der Waals surface area contributed by atoms with Crippen LogP contribution in [0.25, 0.3) is 0 Å². The molecule has 0 unspecified atom stereocenters. The smallest absolute Gasteiger partial charge is 0.124 e. The Morgan fingerprint density at radius 2 is 2.00 bits per heavy atom. The van der Waals surface area contributed by atoms with Gasteiger partial charge in [-0.2, -0.15) is 0 Å². The van der Waals surface area contributed by atoms with Gasteiger partial charge in [0.1, 0.15) is 5.75 Å². The highest BCUT2D eigenvalue weighted by Gasteiger charge is 2.35. The predicted molar refractivity (Wildman–Crippen MR) is 76.7 cm³/mol. The number of para-hydroxylation sites is 1. The summed E-state index contributed by atoms with van der Waals surface area (Å²) >= 11 is 0. The SMILES string of the molecule is OC[C@H]1COc2ccccc2[C@H]1NCC1(O)CCCC1. The standard InChI is InChI=1S/C16H23NO3/c18-9-12-10-20-14-6-2-1-5-13(14)15(12)17-11-16(19)7-3-4-8-16/h1-2,5-6,12,15,17-19H,3-4,7-11H2/t12-,15-/m0/s1. The van der Waals surface area contributed by atoms with E-state index in [1.807, 2.05) is 24.3 Å². The van der Waals surface area contributed by atoms with Crippen molar-refractivity contribution in [3.05, 3.63) is 29.8 Å². The van der Waals surface area contributed by atoms with Gasteiger partial charge in [0.25, 0.3) is 0 Å². The van der Waals surface area contributed by atoms with Crippen molar-refractivity contribution in [2.24, 2.45) is 5.92 Å². The lowest BCUT2D eigenvalue weighted by Crippen LogP contribution is -2.44. The molecule has 20 heavy (non-hydrogen) atoms. The minimum absolute atomic E-state index is 0.0369. The van der Waals surface area contributed by atoms with E-state index in [2.05, 4.69) is 5.32 Å². The summed E-state index contributed by atoms with van der Waals surface area (Å²) in [6, 6.07) is 7.99. The zero-order valence-electron chi connectivity index (χ0n) is 11.7. The third-order valence-electron chi connectivity index (χ3n) is 4.60. The third-order valence-corrected chi connectivity index (χ3v) is 4.60. The van der Waals surface area contributed by atoms with Gasteiger partial charge in [0.15, 0.2) is 0 Å². The molecule has 0 amide bonds. The molecule has 1 aliphatic carbocycles. The zero-order chi connectivity index (χ0) is 14.0. The quantitative estimate of drug-likeness (QED) is 0.782. The molecule has 0 saturated heterocycles. The van der Waals surface area contributed by atoms with Crippen molar-refractivity contribution in [2.45, 2.75) is 37.3 Å². The lowest BCUT2D eigenvalue weighted by Gasteiger charge is -2.35. The molecule has 1 fully saturated rings. The van der Waals surface area contributed by atoms with Crippen LogP contribution in [0.2, 0.25) is 0 Å². The fourth-order valence-electron chi connectivity index (χ4n) is 3.36. The molecular weight excluding hydrogens is 254 g/mol. The molecule has 1 saturated carbocycles. The fraction of sp³-hybridized carbons (Fsp3) is 0.625. The molecule has 4 heteroatoms. The molecule has 0 bridgehead atoms. The van der Waals surface area contributed by atoms with E-state index in [9.17, 15) is 10.2 Å². The lowest BCUT2D eigenvalue weighted by molar-refractivity contribution is 0.0344. The number of aliphatic hydroxyl groups excluding tert-OH is 1. The molecule has 0 spiro atoms. The van der Waals surface area contributed by atoms with Gasteiger partial charge in [0.2, 0.25) is 0 Å². The average molecular weight is 277 g/mol. The Morgan fingerprint density at radius 3 is 2.75 bits per heavy atom. The molecule has 3 N–H and O–H groups in total. The van der Waals surface area contributed by atoms with Gasteiger partial charge in [0.05, 0.1) is 18.8 Å². The van der Waals surface area contributed by atoms with E-state index in [0.717, 1.165) is 37.0 Å². The van der Waals surface area contributed by atoms with Crippen LogP contribution in [0.5, 0.6) is 5.75 Å². The molecule has 1 aromatic rings. The first-order chi connectivity index (χ1) is 9.72. The van der Waals surface area contributed by atoms with E-state index >= 15 is 0 Å². The Kier molecular flexibility index (Phi) is 3.96. The summed E-state index contributed by atoms with van der Waals surface area (Å²) in [5.74, 6) is 0.919. The van der Waals surface area contributed by atoms with Crippen molar-refractivity contribution >= 4 is 0 Å². The van der Waals surface area contributed by atoms with Gasteiger partial charge < -0.3 is 20.3 Å². The van der Waals surface area contributed by atoms with Crippen molar-refractivity contribution in [2.75, 3.05) is 19.8 Å². The van der Waals surface area contributed by atoms with Gasteiger partial charge in [-0.25, -0.2) is 0 Å². The number of ether oxygens (including phenoxy) is 1. The van der Waals surface area contributed by atoms with Crippen LogP contribution in [0.3, 0.4) is 0 Å². The second-order valence-electron chi connectivity index (χ2n) is 6.08. The van der Waals surface area contributed by atoms with E-state index < -0.39 is 5.60 Å². The van der Waals surface area contributed by atoms with Crippen molar-refractivity contribution < 1.29 is 14.9 Å². The van der Waals surface area contributed by atoms with Gasteiger partial charge in [0, 0.05) is 24.1 Å². The van der Waals surface area contributed by atoms with Gasteiger partial charge in [-0.1, -0.05) is 31.0 Å². The highest BCUT2D eigenvalue weighted by Crippen LogP contribution is 2.36. The second-order valence-corrected chi connectivity index (χ2v) is 6.08. The Labute approximate surface area is 119 Å². The average Bonchev–Trinajstić information content (AvgIpc) is 2.91. The molecule has 2 atom stereocenters. The fourth-order valence-corrected chi connectivity index (χ4v) is 3.36. The van der Waals surface area contributed by atoms with E-state index in [1.54, 1.807) is 0 Å². The lowest BCUT2D eigenvalue weighted by atomic mass is 9.90. The summed E-state index contributed by atoms with van der Waals surface area (Å²) in [4.78, 5) is 0. The molecule has 1 aromatic carbocycles.